The predicted molar refractivity (Wildman–Crippen MR) is 159 cm³/mol. The Morgan fingerprint density at radius 2 is 0.750 bits per heavy atom. The molecule has 0 N–H and O–H groups in total. The first kappa shape index (κ1) is 32.9. The SMILES string of the molecule is C=C(C)C(=O)Oc1ccc(-c2ccc(-c3ccc(OC(=O)C(=C)C)c(OC(=O)C(=C)C)c3)c(F)c2F)cc1OC(=O)C(=C)C. The molecule has 0 aliphatic rings. The number of esters is 4. The van der Waals surface area contributed by atoms with Gasteiger partial charge in [-0.25, -0.2) is 28.0 Å². The summed E-state index contributed by atoms with van der Waals surface area (Å²) < 4.78 is 52.1. The number of carbonyl (C=O) groups excluding carboxylic acids is 4. The second kappa shape index (κ2) is 13.6. The van der Waals surface area contributed by atoms with E-state index >= 15 is 8.78 Å². The lowest BCUT2D eigenvalue weighted by Gasteiger charge is -2.15. The van der Waals surface area contributed by atoms with Crippen LogP contribution in [0.2, 0.25) is 0 Å². The van der Waals surface area contributed by atoms with Gasteiger partial charge in [-0.05, 0) is 63.1 Å². The van der Waals surface area contributed by atoms with Gasteiger partial charge in [0.05, 0.1) is 0 Å². The fourth-order valence-electron chi connectivity index (χ4n) is 3.42. The largest absolute Gasteiger partial charge is 0.419 e. The van der Waals surface area contributed by atoms with Crippen molar-refractivity contribution < 1.29 is 46.9 Å². The monoisotopic (exact) mass is 602 g/mol. The third-order valence-electron chi connectivity index (χ3n) is 5.80. The summed E-state index contributed by atoms with van der Waals surface area (Å²) in [5, 5.41) is 0. The first-order chi connectivity index (χ1) is 20.6. The summed E-state index contributed by atoms with van der Waals surface area (Å²) in [5.41, 5.74) is 0.00131. The second-order valence-electron chi connectivity index (χ2n) is 9.79. The quantitative estimate of drug-likeness (QED) is 0.136. The van der Waals surface area contributed by atoms with Gasteiger partial charge in [-0.1, -0.05) is 50.6 Å². The third-order valence-corrected chi connectivity index (χ3v) is 5.80. The maximum absolute atomic E-state index is 15.6. The Kier molecular flexibility index (Phi) is 10.1. The minimum atomic E-state index is -1.26. The summed E-state index contributed by atoms with van der Waals surface area (Å²) in [5.74, 6) is -6.56. The third kappa shape index (κ3) is 7.60. The molecule has 0 spiro atoms. The minimum Gasteiger partial charge on any atom is -0.419 e. The molecule has 10 heteroatoms. The van der Waals surface area contributed by atoms with Gasteiger partial charge >= 0.3 is 23.9 Å². The zero-order valence-electron chi connectivity index (χ0n) is 24.5. The zero-order valence-corrected chi connectivity index (χ0v) is 24.5. The van der Waals surface area contributed by atoms with Crippen LogP contribution >= 0.6 is 0 Å². The lowest BCUT2D eigenvalue weighted by molar-refractivity contribution is -0.132. The molecule has 0 bridgehead atoms. The first-order valence-electron chi connectivity index (χ1n) is 12.9. The molecule has 0 atom stereocenters. The number of halogens is 2. The fourth-order valence-corrected chi connectivity index (χ4v) is 3.42. The van der Waals surface area contributed by atoms with E-state index in [-0.39, 0.29) is 67.5 Å². The molecule has 3 rings (SSSR count). The second-order valence-corrected chi connectivity index (χ2v) is 9.79. The van der Waals surface area contributed by atoms with Gasteiger partial charge in [0.25, 0.3) is 0 Å². The van der Waals surface area contributed by atoms with Crippen molar-refractivity contribution in [2.24, 2.45) is 0 Å². The van der Waals surface area contributed by atoms with E-state index in [4.69, 9.17) is 18.9 Å². The molecule has 0 fully saturated rings. The van der Waals surface area contributed by atoms with Gasteiger partial charge in [-0.15, -0.1) is 0 Å². The van der Waals surface area contributed by atoms with Crippen molar-refractivity contribution >= 4 is 23.9 Å². The highest BCUT2D eigenvalue weighted by molar-refractivity contribution is 5.92. The van der Waals surface area contributed by atoms with Gasteiger partial charge in [0.1, 0.15) is 0 Å². The van der Waals surface area contributed by atoms with Crippen LogP contribution in [-0.2, 0) is 19.2 Å². The molecule has 0 unspecified atom stereocenters. The molecule has 3 aromatic carbocycles. The fraction of sp³-hybridized carbons (Fsp3) is 0.118. The Hall–Kier alpha value is -5.64. The maximum atomic E-state index is 15.6. The van der Waals surface area contributed by atoms with E-state index in [1.165, 1.54) is 76.2 Å². The molecule has 8 nitrogen and oxygen atoms in total. The highest BCUT2D eigenvalue weighted by Crippen LogP contribution is 2.39. The summed E-state index contributed by atoms with van der Waals surface area (Å²) >= 11 is 0. The van der Waals surface area contributed by atoms with Crippen molar-refractivity contribution in [3.63, 3.8) is 0 Å². The van der Waals surface area contributed by atoms with Crippen molar-refractivity contribution in [2.75, 3.05) is 0 Å². The Labute approximate surface area is 252 Å². The highest BCUT2D eigenvalue weighted by Gasteiger charge is 2.22. The summed E-state index contributed by atoms with van der Waals surface area (Å²) in [7, 11) is 0. The Bertz CT molecular complexity index is 1640. The molecule has 0 heterocycles. The van der Waals surface area contributed by atoms with E-state index in [2.05, 4.69) is 26.3 Å². The molecule has 0 aliphatic heterocycles. The molecule has 0 amide bonds. The van der Waals surface area contributed by atoms with E-state index in [1.54, 1.807) is 0 Å². The molecule has 0 aromatic heterocycles. The van der Waals surface area contributed by atoms with Crippen LogP contribution in [0.1, 0.15) is 27.7 Å². The summed E-state index contributed by atoms with van der Waals surface area (Å²) in [6.45, 7) is 19.7. The van der Waals surface area contributed by atoms with Crippen LogP contribution in [0, 0.1) is 11.6 Å². The van der Waals surface area contributed by atoms with Crippen molar-refractivity contribution in [1.82, 2.24) is 0 Å². The molecular formula is C34H28F2O8. The normalized spacial score (nSPS) is 10.3. The molecule has 0 saturated carbocycles. The molecule has 226 valence electrons. The van der Waals surface area contributed by atoms with E-state index in [0.717, 1.165) is 0 Å². The van der Waals surface area contributed by atoms with Crippen molar-refractivity contribution in [3.05, 3.63) is 109 Å². The number of rotatable bonds is 10. The van der Waals surface area contributed by atoms with Gasteiger partial charge in [0, 0.05) is 33.4 Å². The summed E-state index contributed by atoms with van der Waals surface area (Å²) in [6.07, 6.45) is 0. The molecule has 0 saturated heterocycles. The van der Waals surface area contributed by atoms with Crippen LogP contribution < -0.4 is 18.9 Å². The highest BCUT2D eigenvalue weighted by atomic mass is 19.2. The van der Waals surface area contributed by atoms with Crippen LogP contribution in [0.15, 0.2) is 97.1 Å². The number of carbonyl (C=O) groups is 4. The van der Waals surface area contributed by atoms with Crippen LogP contribution in [0.3, 0.4) is 0 Å². The maximum Gasteiger partial charge on any atom is 0.338 e. The van der Waals surface area contributed by atoms with Gasteiger partial charge in [0.15, 0.2) is 34.6 Å². The standard InChI is InChI=1S/C34H28F2O8/c1-17(2)31(37)41-25-13-9-21(15-27(25)43-33(39)19(5)6)23-11-12-24(30(36)29(23)35)22-10-14-26(42-32(38)18(3)4)28(16-22)44-34(40)20(7)8/h9-16H,1,3,5,7H2,2,4,6,8H3. The Morgan fingerprint density at radius 3 is 1.02 bits per heavy atom. The van der Waals surface area contributed by atoms with Gasteiger partial charge in [0.2, 0.25) is 0 Å². The van der Waals surface area contributed by atoms with Crippen LogP contribution in [0.4, 0.5) is 8.78 Å². The van der Waals surface area contributed by atoms with Gasteiger partial charge in [-0.3, -0.25) is 0 Å². The number of hydrogen-bond acceptors (Lipinski definition) is 8. The summed E-state index contributed by atoms with van der Waals surface area (Å²) in [4.78, 5) is 48.6. The lowest BCUT2D eigenvalue weighted by atomic mass is 9.98. The van der Waals surface area contributed by atoms with Crippen LogP contribution in [0.5, 0.6) is 23.0 Å². The van der Waals surface area contributed by atoms with E-state index in [0.29, 0.717) is 0 Å². The van der Waals surface area contributed by atoms with Gasteiger partial charge < -0.3 is 18.9 Å². The van der Waals surface area contributed by atoms with E-state index < -0.39 is 35.5 Å². The molecular weight excluding hydrogens is 574 g/mol. The lowest BCUT2D eigenvalue weighted by Crippen LogP contribution is -2.13. The molecule has 0 radical (unpaired) electrons. The Balaban J connectivity index is 2.09. The predicted octanol–water partition coefficient (Wildman–Crippen LogP) is 7.22. The average Bonchev–Trinajstić information content (AvgIpc) is 2.95. The van der Waals surface area contributed by atoms with Gasteiger partial charge in [-0.2, -0.15) is 0 Å². The number of hydrogen-bond donors (Lipinski definition) is 0. The number of benzene rings is 3. The topological polar surface area (TPSA) is 105 Å². The van der Waals surface area contributed by atoms with E-state index in [1.807, 2.05) is 0 Å². The minimum absolute atomic E-state index is 0.0443. The zero-order chi connectivity index (χ0) is 32.9. The van der Waals surface area contributed by atoms with Crippen molar-refractivity contribution in [3.8, 4) is 45.3 Å². The van der Waals surface area contributed by atoms with Crippen molar-refractivity contribution in [1.29, 1.82) is 0 Å². The average molecular weight is 603 g/mol. The van der Waals surface area contributed by atoms with Crippen molar-refractivity contribution in [2.45, 2.75) is 27.7 Å². The van der Waals surface area contributed by atoms with Crippen LogP contribution in [-0.4, -0.2) is 23.9 Å². The molecule has 0 aliphatic carbocycles. The Morgan fingerprint density at radius 1 is 0.477 bits per heavy atom. The molecule has 3 aromatic rings. The van der Waals surface area contributed by atoms with E-state index in [9.17, 15) is 19.2 Å². The smallest absolute Gasteiger partial charge is 0.338 e. The number of ether oxygens (including phenoxy) is 4. The first-order valence-corrected chi connectivity index (χ1v) is 12.9. The van der Waals surface area contributed by atoms with Crippen LogP contribution in [0.25, 0.3) is 22.3 Å². The molecule has 44 heavy (non-hydrogen) atoms. The summed E-state index contributed by atoms with van der Waals surface area (Å²) in [6, 6.07) is 10.2.